The van der Waals surface area contributed by atoms with Gasteiger partial charge in [0.05, 0.1) is 42.0 Å². The zero-order valence-electron chi connectivity index (χ0n) is 18.7. The molecule has 180 valence electrons. The van der Waals surface area contributed by atoms with E-state index in [1.807, 2.05) is 11.3 Å². The van der Waals surface area contributed by atoms with E-state index in [0.29, 0.717) is 35.7 Å². The molecular weight excluding hydrogens is 452 g/mol. The molecule has 1 aliphatic carbocycles. The minimum atomic E-state index is -4.52. The number of nitrogens with zero attached hydrogens (tertiary/aromatic N) is 4. The molecule has 0 bridgehead atoms. The van der Waals surface area contributed by atoms with E-state index in [2.05, 4.69) is 15.3 Å². The van der Waals surface area contributed by atoms with Gasteiger partial charge in [0.15, 0.2) is 5.65 Å². The van der Waals surface area contributed by atoms with Crippen LogP contribution in [0.25, 0.3) is 5.65 Å². The van der Waals surface area contributed by atoms with Crippen molar-refractivity contribution >= 4 is 23.1 Å². The Bertz CT molecular complexity index is 1300. The minimum Gasteiger partial charge on any atom is -0.399 e. The molecule has 0 spiro atoms. The summed E-state index contributed by atoms with van der Waals surface area (Å²) in [5, 5.41) is 3.21. The summed E-state index contributed by atoms with van der Waals surface area (Å²) in [7, 11) is 0. The molecule has 7 nitrogen and oxygen atoms in total. The number of halogens is 4. The zero-order valence-corrected chi connectivity index (χ0v) is 18.7. The molecule has 2 aliphatic rings. The number of nitrogen functional groups attached to an aromatic ring is 1. The van der Waals surface area contributed by atoms with Crippen molar-refractivity contribution in [2.75, 3.05) is 17.7 Å². The van der Waals surface area contributed by atoms with E-state index in [-0.39, 0.29) is 24.7 Å². The molecule has 1 amide bonds. The van der Waals surface area contributed by atoms with Gasteiger partial charge in [0.25, 0.3) is 0 Å². The number of amides is 1. The molecular formula is C23H24F4N6O. The highest BCUT2D eigenvalue weighted by Crippen LogP contribution is 2.49. The Balaban J connectivity index is 1.51. The van der Waals surface area contributed by atoms with Crippen LogP contribution in [-0.4, -0.2) is 31.9 Å². The number of carbonyl (C=O) groups excluding carboxylic acids is 1. The van der Waals surface area contributed by atoms with Crippen molar-refractivity contribution in [3.63, 3.8) is 0 Å². The molecule has 1 aromatic carbocycles. The second-order valence-corrected chi connectivity index (χ2v) is 9.21. The maximum atomic E-state index is 13.5. The summed E-state index contributed by atoms with van der Waals surface area (Å²) in [6, 6.07) is 2.89. The average molecular weight is 476 g/mol. The normalized spacial score (nSPS) is 17.6. The molecule has 3 aromatic rings. The van der Waals surface area contributed by atoms with Crippen LogP contribution in [0, 0.1) is 12.3 Å². The molecule has 0 radical (unpaired) electrons. The zero-order chi connectivity index (χ0) is 24.4. The van der Waals surface area contributed by atoms with Gasteiger partial charge in [-0.3, -0.25) is 9.20 Å². The Labute approximate surface area is 193 Å². The van der Waals surface area contributed by atoms with Crippen LogP contribution in [0.4, 0.5) is 29.1 Å². The first-order valence-electron chi connectivity index (χ1n) is 11.0. The van der Waals surface area contributed by atoms with Gasteiger partial charge < -0.3 is 16.0 Å². The Kier molecular flexibility index (Phi) is 4.99. The molecule has 3 N–H and O–H groups in total. The molecule has 3 heterocycles. The SMILES string of the molecule is Cc1ncc2nc(NC(C)c3cc(N)cc(C(F)(F)F)c3)c3c(n12)CN(C(=O)C1(CF)CC1)C3. The number of nitrogens with one attached hydrogen (secondary N) is 1. The molecule has 11 heteroatoms. The number of alkyl halides is 4. The summed E-state index contributed by atoms with van der Waals surface area (Å²) >= 11 is 0. The summed E-state index contributed by atoms with van der Waals surface area (Å²) < 4.78 is 55.2. The third-order valence-electron chi connectivity index (χ3n) is 6.75. The Morgan fingerprint density at radius 1 is 1.26 bits per heavy atom. The summed E-state index contributed by atoms with van der Waals surface area (Å²) in [6.45, 7) is 3.37. The van der Waals surface area contributed by atoms with Crippen LogP contribution in [0.15, 0.2) is 24.4 Å². The minimum absolute atomic E-state index is 0.0104. The Morgan fingerprint density at radius 3 is 2.65 bits per heavy atom. The molecule has 5 rings (SSSR count). The lowest BCUT2D eigenvalue weighted by molar-refractivity contribution is -0.138. The van der Waals surface area contributed by atoms with Gasteiger partial charge in [-0.1, -0.05) is 0 Å². The topological polar surface area (TPSA) is 88.5 Å². The number of rotatable bonds is 5. The van der Waals surface area contributed by atoms with E-state index < -0.39 is 29.9 Å². The summed E-state index contributed by atoms with van der Waals surface area (Å²) in [5.74, 6) is 0.929. The lowest BCUT2D eigenvalue weighted by Gasteiger charge is -2.21. The summed E-state index contributed by atoms with van der Waals surface area (Å²) in [6.07, 6.45) is -1.85. The number of aryl methyl sites for hydroxylation is 1. The van der Waals surface area contributed by atoms with Crippen molar-refractivity contribution in [3.05, 3.63) is 52.6 Å². The third-order valence-corrected chi connectivity index (χ3v) is 6.75. The van der Waals surface area contributed by atoms with Crippen LogP contribution in [0.1, 0.15) is 54.0 Å². The van der Waals surface area contributed by atoms with Crippen LogP contribution in [0.3, 0.4) is 0 Å². The molecule has 1 aliphatic heterocycles. The van der Waals surface area contributed by atoms with Crippen LogP contribution < -0.4 is 11.1 Å². The highest BCUT2D eigenvalue weighted by atomic mass is 19.4. The third kappa shape index (κ3) is 3.63. The highest BCUT2D eigenvalue weighted by molar-refractivity contribution is 5.86. The van der Waals surface area contributed by atoms with E-state index in [9.17, 15) is 22.4 Å². The number of benzene rings is 1. The van der Waals surface area contributed by atoms with Crippen molar-refractivity contribution in [2.45, 2.75) is 52.0 Å². The predicted octanol–water partition coefficient (Wildman–Crippen LogP) is 4.40. The van der Waals surface area contributed by atoms with Crippen molar-refractivity contribution in [1.82, 2.24) is 19.3 Å². The van der Waals surface area contributed by atoms with Crippen molar-refractivity contribution in [2.24, 2.45) is 5.41 Å². The van der Waals surface area contributed by atoms with Crippen molar-refractivity contribution in [3.8, 4) is 0 Å². The van der Waals surface area contributed by atoms with E-state index >= 15 is 0 Å². The number of carbonyl (C=O) groups is 1. The highest BCUT2D eigenvalue weighted by Gasteiger charge is 2.53. The lowest BCUT2D eigenvalue weighted by atomic mass is 10.0. The largest absolute Gasteiger partial charge is 0.416 e. The van der Waals surface area contributed by atoms with Gasteiger partial charge in [-0.05, 0) is 50.5 Å². The van der Waals surface area contributed by atoms with Crippen molar-refractivity contribution in [1.29, 1.82) is 0 Å². The fourth-order valence-electron chi connectivity index (χ4n) is 4.59. The van der Waals surface area contributed by atoms with Gasteiger partial charge in [0, 0.05) is 11.3 Å². The number of hydrogen-bond acceptors (Lipinski definition) is 5. The first-order valence-corrected chi connectivity index (χ1v) is 11.0. The second kappa shape index (κ2) is 7.57. The van der Waals surface area contributed by atoms with Gasteiger partial charge in [-0.15, -0.1) is 0 Å². The number of anilines is 2. The van der Waals surface area contributed by atoms with Crippen LogP contribution >= 0.6 is 0 Å². The number of nitrogens with two attached hydrogens (primary N) is 1. The van der Waals surface area contributed by atoms with Crippen LogP contribution in [0.5, 0.6) is 0 Å². The predicted molar refractivity (Wildman–Crippen MR) is 118 cm³/mol. The molecule has 1 unspecified atom stereocenters. The van der Waals surface area contributed by atoms with Gasteiger partial charge in [0.2, 0.25) is 5.91 Å². The molecule has 1 saturated carbocycles. The Hall–Kier alpha value is -3.37. The first kappa shape index (κ1) is 22.4. The second-order valence-electron chi connectivity index (χ2n) is 9.21. The van der Waals surface area contributed by atoms with Gasteiger partial charge >= 0.3 is 6.18 Å². The average Bonchev–Trinajstić information content (AvgIpc) is 3.32. The van der Waals surface area contributed by atoms with Gasteiger partial charge in [0.1, 0.15) is 18.3 Å². The summed E-state index contributed by atoms with van der Waals surface area (Å²) in [4.78, 5) is 23.6. The standard InChI is InChI=1S/C23H24F4N6O/c1-12(14-5-15(23(25,26)27)7-16(28)6-14)30-20-17-9-32(21(34)22(11-24)3-4-22)10-18(17)33-13(2)29-8-19(33)31-20/h5-8,12H,3-4,9-11,28H2,1-2H3,(H,30,31). The first-order chi connectivity index (χ1) is 16.0. The summed E-state index contributed by atoms with van der Waals surface area (Å²) in [5.41, 5.74) is 6.45. The molecule has 1 atom stereocenters. The van der Waals surface area contributed by atoms with E-state index in [0.717, 1.165) is 23.4 Å². The number of aromatic nitrogens is 3. The van der Waals surface area contributed by atoms with Gasteiger partial charge in [-0.2, -0.15) is 13.2 Å². The fourth-order valence-corrected chi connectivity index (χ4v) is 4.59. The van der Waals surface area contributed by atoms with E-state index in [4.69, 9.17) is 5.73 Å². The smallest absolute Gasteiger partial charge is 0.399 e. The van der Waals surface area contributed by atoms with Gasteiger partial charge in [-0.25, -0.2) is 14.4 Å². The Morgan fingerprint density at radius 2 is 2.00 bits per heavy atom. The van der Waals surface area contributed by atoms with Crippen LogP contribution in [-0.2, 0) is 24.1 Å². The number of imidazole rings is 1. The molecule has 0 saturated heterocycles. The number of fused-ring (bicyclic) bond motifs is 3. The molecule has 1 fully saturated rings. The molecule has 2 aromatic heterocycles. The quantitative estimate of drug-likeness (QED) is 0.421. The monoisotopic (exact) mass is 476 g/mol. The lowest BCUT2D eigenvalue weighted by Crippen LogP contribution is -2.34. The maximum Gasteiger partial charge on any atom is 0.416 e. The van der Waals surface area contributed by atoms with E-state index in [1.54, 1.807) is 18.0 Å². The maximum absolute atomic E-state index is 13.5. The number of hydrogen-bond donors (Lipinski definition) is 2. The molecule has 34 heavy (non-hydrogen) atoms. The van der Waals surface area contributed by atoms with Crippen LogP contribution in [0.2, 0.25) is 0 Å². The fraction of sp³-hybridized carbons (Fsp3) is 0.435. The van der Waals surface area contributed by atoms with E-state index in [1.165, 1.54) is 6.07 Å². The van der Waals surface area contributed by atoms with Crippen molar-refractivity contribution < 1.29 is 22.4 Å².